The van der Waals surface area contributed by atoms with Crippen LogP contribution in [0.3, 0.4) is 0 Å². The van der Waals surface area contributed by atoms with Gasteiger partial charge in [-0.3, -0.25) is 9.78 Å². The molecule has 1 aliphatic heterocycles. The molecule has 0 bridgehead atoms. The highest BCUT2D eigenvalue weighted by molar-refractivity contribution is 7.90. The maximum absolute atomic E-state index is 13.6. The van der Waals surface area contributed by atoms with E-state index in [1.165, 1.54) is 0 Å². The molecule has 1 fully saturated rings. The molecular formula is C19H18FN5O4S. The van der Waals surface area contributed by atoms with Gasteiger partial charge in [0.05, 0.1) is 21.7 Å². The highest BCUT2D eigenvalue weighted by Crippen LogP contribution is 2.31. The zero-order valence-electron chi connectivity index (χ0n) is 15.7. The number of pyridine rings is 1. The van der Waals surface area contributed by atoms with Crippen molar-refractivity contribution in [3.63, 3.8) is 0 Å². The van der Waals surface area contributed by atoms with Crippen molar-refractivity contribution in [2.45, 2.75) is 4.90 Å². The van der Waals surface area contributed by atoms with Gasteiger partial charge in [0.25, 0.3) is 16.5 Å². The van der Waals surface area contributed by atoms with E-state index in [-0.39, 0.29) is 16.9 Å². The zero-order chi connectivity index (χ0) is 21.7. The fraction of sp³-hybridized carbons (Fsp3) is 0.211. The molecule has 3 heterocycles. The first-order valence-corrected chi connectivity index (χ1v) is 10.3. The Hall–Kier alpha value is -3.49. The van der Waals surface area contributed by atoms with Crippen LogP contribution in [0.4, 0.5) is 10.1 Å². The molecule has 4 rings (SSSR count). The Labute approximate surface area is 172 Å². The van der Waals surface area contributed by atoms with E-state index in [4.69, 9.17) is 15.2 Å². The fourth-order valence-electron chi connectivity index (χ4n) is 3.21. The Morgan fingerprint density at radius 1 is 1.27 bits per heavy atom. The first kappa shape index (κ1) is 21.2. The molecule has 0 atom stereocenters. The van der Waals surface area contributed by atoms with Gasteiger partial charge in [0, 0.05) is 38.6 Å². The summed E-state index contributed by atoms with van der Waals surface area (Å²) in [6.45, 7) is 2.83. The minimum atomic E-state index is -4.02. The number of benzene rings is 1. The number of hydrogen-bond donors (Lipinski definition) is 2. The van der Waals surface area contributed by atoms with E-state index < -0.39 is 15.8 Å². The van der Waals surface area contributed by atoms with Crippen molar-refractivity contribution in [2.75, 3.05) is 31.1 Å². The van der Waals surface area contributed by atoms with Crippen LogP contribution in [-0.2, 0) is 14.8 Å². The number of nitrogens with one attached hydrogen (secondary N) is 1. The molecular weight excluding hydrogens is 413 g/mol. The van der Waals surface area contributed by atoms with Crippen LogP contribution in [-0.4, -0.2) is 55.1 Å². The third-order valence-electron chi connectivity index (χ3n) is 4.58. The number of rotatable bonds is 3. The minimum Gasteiger partial charge on any atom is -0.483 e. The Kier molecular flexibility index (Phi) is 6.29. The van der Waals surface area contributed by atoms with E-state index in [1.807, 2.05) is 0 Å². The largest absolute Gasteiger partial charge is 0.483 e. The molecule has 1 saturated heterocycles. The van der Waals surface area contributed by atoms with Crippen LogP contribution in [0.1, 0.15) is 5.56 Å². The summed E-state index contributed by atoms with van der Waals surface area (Å²) in [6, 6.07) is 8.24. The molecule has 0 radical (unpaired) electrons. The molecule has 2 N–H and O–H groups in total. The van der Waals surface area contributed by atoms with Crippen LogP contribution >= 0.6 is 0 Å². The van der Waals surface area contributed by atoms with Gasteiger partial charge in [0.2, 0.25) is 0 Å². The summed E-state index contributed by atoms with van der Waals surface area (Å²) in [7, 11) is -4.02. The Morgan fingerprint density at radius 2 is 1.97 bits per heavy atom. The average Bonchev–Trinajstić information content (AvgIpc) is 3.16. The number of nitriles is 1. The molecule has 156 valence electrons. The summed E-state index contributed by atoms with van der Waals surface area (Å²) in [5.41, 5.74) is 1.45. The standard InChI is InChI=1S/C18H16FN5O2S.CH2O2/c19-15-4-3-14(10-13(15)11-20)27(25,26)24-12-17(23-8-6-21-7-9-23)18-16(24)2-1-5-22-18;2-1-3/h1-5,10,12,21H,6-9H2;1H,(H,2,3). The Balaban J connectivity index is 0.000000806. The summed E-state index contributed by atoms with van der Waals surface area (Å²) >= 11 is 0. The molecule has 3 aromatic rings. The third-order valence-corrected chi connectivity index (χ3v) is 6.25. The number of aromatic nitrogens is 2. The predicted molar refractivity (Wildman–Crippen MR) is 107 cm³/mol. The van der Waals surface area contributed by atoms with E-state index >= 15 is 0 Å². The van der Waals surface area contributed by atoms with Gasteiger partial charge in [-0.15, -0.1) is 0 Å². The number of halogens is 1. The zero-order valence-corrected chi connectivity index (χ0v) is 16.5. The summed E-state index contributed by atoms with van der Waals surface area (Å²) in [5.74, 6) is -0.753. The lowest BCUT2D eigenvalue weighted by atomic mass is 10.2. The van der Waals surface area contributed by atoms with Gasteiger partial charge in [-0.1, -0.05) is 0 Å². The predicted octanol–water partition coefficient (Wildman–Crippen LogP) is 1.39. The van der Waals surface area contributed by atoms with Gasteiger partial charge in [-0.25, -0.2) is 16.8 Å². The lowest BCUT2D eigenvalue weighted by Crippen LogP contribution is -2.43. The number of fused-ring (bicyclic) bond motifs is 1. The van der Waals surface area contributed by atoms with Crippen molar-refractivity contribution in [2.24, 2.45) is 0 Å². The van der Waals surface area contributed by atoms with Crippen LogP contribution in [0.15, 0.2) is 47.6 Å². The molecule has 0 saturated carbocycles. The van der Waals surface area contributed by atoms with Crippen molar-refractivity contribution in [1.82, 2.24) is 14.3 Å². The molecule has 1 aromatic carbocycles. The monoisotopic (exact) mass is 431 g/mol. The second-order valence-corrected chi connectivity index (χ2v) is 8.10. The topological polar surface area (TPSA) is 128 Å². The molecule has 0 aliphatic carbocycles. The van der Waals surface area contributed by atoms with Crippen LogP contribution < -0.4 is 10.2 Å². The molecule has 30 heavy (non-hydrogen) atoms. The van der Waals surface area contributed by atoms with Gasteiger partial charge >= 0.3 is 0 Å². The molecule has 0 unspecified atom stereocenters. The molecule has 1 aliphatic rings. The maximum Gasteiger partial charge on any atom is 0.290 e. The molecule has 11 heteroatoms. The lowest BCUT2D eigenvalue weighted by molar-refractivity contribution is -0.122. The normalized spacial score (nSPS) is 13.9. The SMILES string of the molecule is N#Cc1cc(S(=O)(=O)n2cc(N3CCNCC3)c3ncccc32)ccc1F.O=CO. The number of nitrogens with zero attached hydrogens (tertiary/aromatic N) is 4. The van der Waals surface area contributed by atoms with Crippen molar-refractivity contribution in [3.8, 4) is 6.07 Å². The molecule has 0 amide bonds. The van der Waals surface area contributed by atoms with Crippen LogP contribution in [0.2, 0.25) is 0 Å². The van der Waals surface area contributed by atoms with E-state index in [2.05, 4.69) is 15.2 Å². The number of anilines is 1. The third kappa shape index (κ3) is 3.96. The van der Waals surface area contributed by atoms with Gasteiger partial charge in [-0.05, 0) is 30.3 Å². The Bertz CT molecular complexity index is 1210. The van der Waals surface area contributed by atoms with Crippen molar-refractivity contribution in [1.29, 1.82) is 5.26 Å². The van der Waals surface area contributed by atoms with E-state index in [9.17, 15) is 12.8 Å². The van der Waals surface area contributed by atoms with E-state index in [0.717, 1.165) is 54.0 Å². The van der Waals surface area contributed by atoms with Crippen molar-refractivity contribution >= 4 is 33.2 Å². The summed E-state index contributed by atoms with van der Waals surface area (Å²) in [5, 5.41) is 19.2. The van der Waals surface area contributed by atoms with Crippen molar-refractivity contribution < 1.29 is 22.7 Å². The van der Waals surface area contributed by atoms with Gasteiger partial charge in [-0.2, -0.15) is 5.26 Å². The molecule has 9 nitrogen and oxygen atoms in total. The van der Waals surface area contributed by atoms with Crippen molar-refractivity contribution in [3.05, 3.63) is 54.1 Å². The second kappa shape index (κ2) is 8.89. The van der Waals surface area contributed by atoms with Crippen LogP contribution in [0, 0.1) is 17.1 Å². The summed E-state index contributed by atoms with van der Waals surface area (Å²) < 4.78 is 41.2. The van der Waals surface area contributed by atoms with Gasteiger partial charge in [0.15, 0.2) is 0 Å². The number of carbonyl (C=O) groups is 1. The van der Waals surface area contributed by atoms with Crippen LogP contribution in [0.5, 0.6) is 0 Å². The van der Waals surface area contributed by atoms with Gasteiger partial charge in [0.1, 0.15) is 17.4 Å². The number of hydrogen-bond acceptors (Lipinski definition) is 7. The van der Waals surface area contributed by atoms with Crippen LogP contribution in [0.25, 0.3) is 11.0 Å². The quantitative estimate of drug-likeness (QED) is 0.596. The average molecular weight is 431 g/mol. The smallest absolute Gasteiger partial charge is 0.290 e. The lowest BCUT2D eigenvalue weighted by Gasteiger charge is -2.28. The number of carboxylic acid groups (broad SMARTS) is 1. The fourth-order valence-corrected chi connectivity index (χ4v) is 4.59. The first-order chi connectivity index (χ1) is 14.4. The van der Waals surface area contributed by atoms with E-state index in [1.54, 1.807) is 30.6 Å². The Morgan fingerprint density at radius 3 is 2.63 bits per heavy atom. The molecule has 2 aromatic heterocycles. The molecule has 0 spiro atoms. The second-order valence-electron chi connectivity index (χ2n) is 6.28. The van der Waals surface area contributed by atoms with Gasteiger partial charge < -0.3 is 15.3 Å². The van der Waals surface area contributed by atoms with E-state index in [0.29, 0.717) is 11.0 Å². The highest BCUT2D eigenvalue weighted by Gasteiger charge is 2.25. The minimum absolute atomic E-state index is 0.145. The first-order valence-electron chi connectivity index (χ1n) is 8.89. The summed E-state index contributed by atoms with van der Waals surface area (Å²) in [6.07, 6.45) is 3.17. The maximum atomic E-state index is 13.6. The number of piperazine rings is 1. The highest BCUT2D eigenvalue weighted by atomic mass is 32.2. The summed E-state index contributed by atoms with van der Waals surface area (Å²) in [4.78, 5) is 14.7.